The Bertz CT molecular complexity index is 452. The molecule has 1 aliphatic rings. The number of amides is 1. The zero-order chi connectivity index (χ0) is 15.3. The van der Waals surface area contributed by atoms with Gasteiger partial charge >= 0.3 is 0 Å². The number of allylic oxidation sites excluding steroid dienone is 2. The van der Waals surface area contributed by atoms with Crippen molar-refractivity contribution >= 4 is 17.4 Å². The van der Waals surface area contributed by atoms with Crippen molar-refractivity contribution in [1.82, 2.24) is 4.90 Å². The van der Waals surface area contributed by atoms with Gasteiger partial charge in [0.05, 0.1) is 17.2 Å². The van der Waals surface area contributed by atoms with Crippen LogP contribution in [0.2, 0.25) is 0 Å². The summed E-state index contributed by atoms with van der Waals surface area (Å²) in [4.78, 5) is 30.5. The molecule has 112 valence electrons. The number of ketones is 1. The summed E-state index contributed by atoms with van der Waals surface area (Å²) in [5.74, 6) is -0.966. The zero-order valence-corrected chi connectivity index (χ0v) is 12.5. The van der Waals surface area contributed by atoms with Crippen LogP contribution >= 0.6 is 0 Å². The first kappa shape index (κ1) is 16.2. The van der Waals surface area contributed by atoms with Gasteiger partial charge in [-0.25, -0.2) is 0 Å². The normalized spacial score (nSPS) is 20.1. The third-order valence-corrected chi connectivity index (χ3v) is 3.16. The fraction of sp³-hybridized carbons (Fsp3) is 0.643. The van der Waals surface area contributed by atoms with E-state index in [-0.39, 0.29) is 35.9 Å². The molecule has 0 aromatic rings. The predicted octanol–water partition coefficient (Wildman–Crippen LogP) is 1.67. The quantitative estimate of drug-likeness (QED) is 0.614. The standard InChI is InChI=1S/C14H22N2O4/c1-5-10(15-20-6-2)13-11(17)7-9(8-12(13)18)14(19)16(3)4/h9,17H,5-8H2,1-4H3. The molecular weight excluding hydrogens is 260 g/mol. The summed E-state index contributed by atoms with van der Waals surface area (Å²) in [6.45, 7) is 4.02. The Morgan fingerprint density at radius 2 is 2.05 bits per heavy atom. The van der Waals surface area contributed by atoms with Gasteiger partial charge in [-0.05, 0) is 13.3 Å². The van der Waals surface area contributed by atoms with Gasteiger partial charge in [-0.3, -0.25) is 9.59 Å². The Morgan fingerprint density at radius 1 is 1.40 bits per heavy atom. The number of nitrogens with zero attached hydrogens (tertiary/aromatic N) is 2. The molecule has 0 saturated heterocycles. The maximum absolute atomic E-state index is 12.2. The van der Waals surface area contributed by atoms with Crippen molar-refractivity contribution in [1.29, 1.82) is 0 Å². The third-order valence-electron chi connectivity index (χ3n) is 3.16. The Labute approximate surface area is 119 Å². The van der Waals surface area contributed by atoms with Crippen LogP contribution < -0.4 is 0 Å². The molecule has 1 unspecified atom stereocenters. The second-order valence-corrected chi connectivity index (χ2v) is 4.89. The molecule has 1 rings (SSSR count). The summed E-state index contributed by atoms with van der Waals surface area (Å²) in [5, 5.41) is 14.0. The predicted molar refractivity (Wildman–Crippen MR) is 75.4 cm³/mol. The average Bonchev–Trinajstić information content (AvgIpc) is 2.40. The second-order valence-electron chi connectivity index (χ2n) is 4.89. The molecule has 1 atom stereocenters. The van der Waals surface area contributed by atoms with Crippen LogP contribution in [0.4, 0.5) is 0 Å². The molecule has 0 fully saturated rings. The van der Waals surface area contributed by atoms with Gasteiger partial charge in [-0.2, -0.15) is 0 Å². The smallest absolute Gasteiger partial charge is 0.226 e. The topological polar surface area (TPSA) is 79.2 Å². The van der Waals surface area contributed by atoms with E-state index < -0.39 is 5.92 Å². The van der Waals surface area contributed by atoms with E-state index in [9.17, 15) is 14.7 Å². The van der Waals surface area contributed by atoms with Crippen LogP contribution in [0.3, 0.4) is 0 Å². The maximum Gasteiger partial charge on any atom is 0.226 e. The molecule has 1 amide bonds. The van der Waals surface area contributed by atoms with Crippen LogP contribution in [0.25, 0.3) is 0 Å². The van der Waals surface area contributed by atoms with Crippen LogP contribution in [-0.2, 0) is 14.4 Å². The zero-order valence-electron chi connectivity index (χ0n) is 12.5. The number of hydrogen-bond donors (Lipinski definition) is 1. The monoisotopic (exact) mass is 282 g/mol. The van der Waals surface area contributed by atoms with Gasteiger partial charge in [0, 0.05) is 26.9 Å². The lowest BCUT2D eigenvalue weighted by atomic mass is 9.84. The number of carbonyl (C=O) groups excluding carboxylic acids is 2. The molecule has 0 spiro atoms. The van der Waals surface area contributed by atoms with E-state index in [1.807, 2.05) is 6.92 Å². The van der Waals surface area contributed by atoms with Gasteiger partial charge in [0.1, 0.15) is 12.4 Å². The van der Waals surface area contributed by atoms with Crippen molar-refractivity contribution in [2.24, 2.45) is 11.1 Å². The minimum Gasteiger partial charge on any atom is -0.511 e. The summed E-state index contributed by atoms with van der Waals surface area (Å²) in [6, 6.07) is 0. The molecule has 0 bridgehead atoms. The summed E-state index contributed by atoms with van der Waals surface area (Å²) in [7, 11) is 3.27. The molecule has 0 saturated carbocycles. The molecular formula is C14H22N2O4. The van der Waals surface area contributed by atoms with E-state index in [4.69, 9.17) is 4.84 Å². The number of hydrogen-bond acceptors (Lipinski definition) is 5. The van der Waals surface area contributed by atoms with Gasteiger partial charge in [-0.1, -0.05) is 12.1 Å². The van der Waals surface area contributed by atoms with E-state index in [1.54, 1.807) is 21.0 Å². The first-order valence-corrected chi connectivity index (χ1v) is 6.77. The van der Waals surface area contributed by atoms with E-state index in [0.717, 1.165) is 0 Å². The first-order chi connectivity index (χ1) is 9.42. The average molecular weight is 282 g/mol. The lowest BCUT2D eigenvalue weighted by molar-refractivity contribution is -0.135. The minimum absolute atomic E-state index is 0.0678. The molecule has 6 nitrogen and oxygen atoms in total. The van der Waals surface area contributed by atoms with E-state index in [2.05, 4.69) is 5.16 Å². The van der Waals surface area contributed by atoms with Crippen molar-refractivity contribution in [3.63, 3.8) is 0 Å². The Morgan fingerprint density at radius 3 is 2.50 bits per heavy atom. The molecule has 1 N–H and O–H groups in total. The third kappa shape index (κ3) is 3.59. The highest BCUT2D eigenvalue weighted by molar-refractivity contribution is 6.23. The number of carbonyl (C=O) groups is 2. The van der Waals surface area contributed by atoms with Gasteiger partial charge < -0.3 is 14.8 Å². The molecule has 0 aromatic carbocycles. The van der Waals surface area contributed by atoms with Crippen molar-refractivity contribution in [2.45, 2.75) is 33.1 Å². The Kier molecular flexibility index (Phi) is 5.73. The highest BCUT2D eigenvalue weighted by Crippen LogP contribution is 2.28. The van der Waals surface area contributed by atoms with Crippen LogP contribution in [0.5, 0.6) is 0 Å². The van der Waals surface area contributed by atoms with E-state index in [0.29, 0.717) is 18.7 Å². The summed E-state index contributed by atoms with van der Waals surface area (Å²) in [5.41, 5.74) is 0.647. The Hall–Kier alpha value is -1.85. The van der Waals surface area contributed by atoms with Crippen molar-refractivity contribution in [3.8, 4) is 0 Å². The van der Waals surface area contributed by atoms with E-state index >= 15 is 0 Å². The van der Waals surface area contributed by atoms with Gasteiger partial charge in [0.25, 0.3) is 0 Å². The highest BCUT2D eigenvalue weighted by Gasteiger charge is 2.34. The minimum atomic E-state index is -0.494. The summed E-state index contributed by atoms with van der Waals surface area (Å²) < 4.78 is 0. The van der Waals surface area contributed by atoms with Gasteiger partial charge in [0.15, 0.2) is 5.78 Å². The molecule has 20 heavy (non-hydrogen) atoms. The fourth-order valence-corrected chi connectivity index (χ4v) is 2.19. The number of oxime groups is 1. The SMILES string of the molecule is CCON=C(CC)C1=C(O)CC(C(=O)N(C)C)CC1=O. The lowest BCUT2D eigenvalue weighted by Gasteiger charge is -2.25. The summed E-state index contributed by atoms with van der Waals surface area (Å²) >= 11 is 0. The summed E-state index contributed by atoms with van der Waals surface area (Å²) in [6.07, 6.45) is 0.752. The molecule has 0 heterocycles. The highest BCUT2D eigenvalue weighted by atomic mass is 16.6. The van der Waals surface area contributed by atoms with Crippen LogP contribution in [-0.4, -0.2) is 48.1 Å². The van der Waals surface area contributed by atoms with Crippen molar-refractivity contribution in [3.05, 3.63) is 11.3 Å². The molecule has 1 aliphatic carbocycles. The largest absolute Gasteiger partial charge is 0.511 e. The molecule has 0 aliphatic heterocycles. The molecule has 0 aromatic heterocycles. The van der Waals surface area contributed by atoms with Crippen LogP contribution in [0.15, 0.2) is 16.5 Å². The maximum atomic E-state index is 12.2. The first-order valence-electron chi connectivity index (χ1n) is 6.77. The molecule has 0 radical (unpaired) electrons. The number of aliphatic hydroxyl groups is 1. The number of rotatable bonds is 5. The van der Waals surface area contributed by atoms with Crippen molar-refractivity contribution < 1.29 is 19.5 Å². The second kappa shape index (κ2) is 7.07. The van der Waals surface area contributed by atoms with Crippen LogP contribution in [0, 0.1) is 5.92 Å². The number of aliphatic hydroxyl groups excluding tert-OH is 1. The van der Waals surface area contributed by atoms with Gasteiger partial charge in [-0.15, -0.1) is 0 Å². The fourth-order valence-electron chi connectivity index (χ4n) is 2.19. The number of Topliss-reactive ketones (excluding diaryl/α,β-unsaturated/α-hetero) is 1. The van der Waals surface area contributed by atoms with E-state index in [1.165, 1.54) is 4.90 Å². The Balaban J connectivity index is 3.01. The van der Waals surface area contributed by atoms with Crippen LogP contribution in [0.1, 0.15) is 33.1 Å². The van der Waals surface area contributed by atoms with Crippen molar-refractivity contribution in [2.75, 3.05) is 20.7 Å². The molecule has 6 heteroatoms. The lowest BCUT2D eigenvalue weighted by Crippen LogP contribution is -2.35. The van der Waals surface area contributed by atoms with Gasteiger partial charge in [0.2, 0.25) is 5.91 Å².